The highest BCUT2D eigenvalue weighted by atomic mass is 32.2. The predicted molar refractivity (Wildman–Crippen MR) is 146 cm³/mol. The van der Waals surface area contributed by atoms with Crippen LogP contribution in [0, 0.1) is 0 Å². The number of nitrogens with zero attached hydrogens (tertiary/aromatic N) is 2. The zero-order chi connectivity index (χ0) is 26.9. The molecule has 2 heterocycles. The fourth-order valence-corrected chi connectivity index (χ4v) is 6.91. The molecular weight excluding hydrogens is 502 g/mol. The van der Waals surface area contributed by atoms with Gasteiger partial charge in [0.05, 0.1) is 29.7 Å². The zero-order valence-electron chi connectivity index (χ0n) is 21.9. The lowest BCUT2D eigenvalue weighted by Gasteiger charge is -2.21. The number of benzene rings is 2. The van der Waals surface area contributed by atoms with Crippen molar-refractivity contribution in [2.24, 2.45) is 0 Å². The van der Waals surface area contributed by atoms with E-state index in [1.54, 1.807) is 48.9 Å². The van der Waals surface area contributed by atoms with E-state index in [1.165, 1.54) is 0 Å². The van der Waals surface area contributed by atoms with Crippen molar-refractivity contribution in [1.82, 2.24) is 9.29 Å². The smallest absolute Gasteiger partial charge is 0.243 e. The Morgan fingerprint density at radius 3 is 2.50 bits per heavy atom. The summed E-state index contributed by atoms with van der Waals surface area (Å²) >= 11 is 0. The second-order valence-electron chi connectivity index (χ2n) is 10.0. The summed E-state index contributed by atoms with van der Waals surface area (Å²) in [7, 11) is -0.270. The van der Waals surface area contributed by atoms with Crippen LogP contribution >= 0.6 is 0 Å². The number of carbonyl (C=O) groups excluding carboxylic acids is 1. The number of ether oxygens (including phenoxy) is 2. The summed E-state index contributed by atoms with van der Waals surface area (Å²) in [5, 5.41) is 3.00. The van der Waals surface area contributed by atoms with Gasteiger partial charge in [-0.15, -0.1) is 0 Å². The number of methoxy groups -OCH3 is 2. The van der Waals surface area contributed by atoms with Crippen molar-refractivity contribution in [3.63, 3.8) is 0 Å². The minimum absolute atomic E-state index is 0.0147. The molecule has 1 saturated heterocycles. The van der Waals surface area contributed by atoms with Gasteiger partial charge in [0.15, 0.2) is 0 Å². The van der Waals surface area contributed by atoms with Crippen molar-refractivity contribution in [3.05, 3.63) is 71.8 Å². The molecule has 1 aliphatic carbocycles. The van der Waals surface area contributed by atoms with E-state index in [1.807, 2.05) is 37.3 Å². The second-order valence-corrected chi connectivity index (χ2v) is 11.9. The molecule has 38 heavy (non-hydrogen) atoms. The lowest BCUT2D eigenvalue weighted by Crippen LogP contribution is -2.33. The van der Waals surface area contributed by atoms with Gasteiger partial charge in [-0.3, -0.25) is 4.79 Å². The molecule has 0 unspecified atom stereocenters. The van der Waals surface area contributed by atoms with E-state index >= 15 is 0 Å². The average Bonchev–Trinajstić information content (AvgIpc) is 3.63. The lowest BCUT2D eigenvalue weighted by atomic mass is 9.93. The van der Waals surface area contributed by atoms with E-state index in [0.717, 1.165) is 48.1 Å². The molecule has 1 aromatic heterocycles. The Labute approximate surface area is 224 Å². The van der Waals surface area contributed by atoms with Crippen LogP contribution in [-0.2, 0) is 31.6 Å². The van der Waals surface area contributed by atoms with Gasteiger partial charge in [-0.25, -0.2) is 13.4 Å². The first-order valence-corrected chi connectivity index (χ1v) is 14.3. The summed E-state index contributed by atoms with van der Waals surface area (Å²) in [5.74, 6) is 1.08. The zero-order valence-corrected chi connectivity index (χ0v) is 22.8. The van der Waals surface area contributed by atoms with Gasteiger partial charge in [0.2, 0.25) is 15.9 Å². The number of hydrogen-bond donors (Lipinski definition) is 1. The van der Waals surface area contributed by atoms with Crippen LogP contribution in [0.1, 0.15) is 43.7 Å². The number of rotatable bonds is 9. The minimum atomic E-state index is -3.52. The van der Waals surface area contributed by atoms with Crippen LogP contribution < -0.4 is 10.1 Å². The van der Waals surface area contributed by atoms with Crippen molar-refractivity contribution >= 4 is 21.7 Å². The molecule has 3 aromatic rings. The van der Waals surface area contributed by atoms with Crippen LogP contribution in [0.15, 0.2) is 65.6 Å². The first-order chi connectivity index (χ1) is 18.3. The highest BCUT2D eigenvalue weighted by Crippen LogP contribution is 2.49. The van der Waals surface area contributed by atoms with E-state index in [9.17, 15) is 13.2 Å². The quantitative estimate of drug-likeness (QED) is 0.425. The molecule has 0 bridgehead atoms. The molecule has 1 atom stereocenters. The largest absolute Gasteiger partial charge is 0.496 e. The van der Waals surface area contributed by atoms with Crippen LogP contribution in [-0.4, -0.2) is 50.4 Å². The predicted octanol–water partition coefficient (Wildman–Crippen LogP) is 4.75. The molecule has 5 rings (SSSR count). The standard InChI is InChI=1S/C29H33N3O5S/c1-20-6-5-17-32(20)38(34,35)24-12-9-21(10-13-24)25-7-4-8-27(30-25)31-28(33)29(15-16-29)23-11-14-26(37-3)22(18-23)19-36-2/h4,7-14,18,20H,5-6,15-17,19H2,1-3H3,(H,30,31,33)/t20-/m0/s1. The van der Waals surface area contributed by atoms with Gasteiger partial charge in [0.1, 0.15) is 11.6 Å². The molecule has 0 spiro atoms. The number of carbonyl (C=O) groups is 1. The SMILES string of the molecule is COCc1cc(C2(C(=O)Nc3cccc(-c4ccc(S(=O)(=O)N5CCC[C@@H]5C)cc4)n3)CC2)ccc1OC. The molecule has 2 fully saturated rings. The van der Waals surface area contributed by atoms with Crippen molar-refractivity contribution in [2.45, 2.75) is 55.6 Å². The van der Waals surface area contributed by atoms with Crippen molar-refractivity contribution < 1.29 is 22.7 Å². The van der Waals surface area contributed by atoms with Gasteiger partial charge in [-0.1, -0.05) is 24.3 Å². The van der Waals surface area contributed by atoms with E-state index in [-0.39, 0.29) is 16.8 Å². The normalized spacial score (nSPS) is 18.8. The second kappa shape index (κ2) is 10.5. The van der Waals surface area contributed by atoms with Crippen LogP contribution in [0.3, 0.4) is 0 Å². The monoisotopic (exact) mass is 535 g/mol. The van der Waals surface area contributed by atoms with Gasteiger partial charge in [0.25, 0.3) is 0 Å². The van der Waals surface area contributed by atoms with Gasteiger partial charge in [0, 0.05) is 30.8 Å². The molecule has 0 radical (unpaired) electrons. The topological polar surface area (TPSA) is 97.8 Å². The summed E-state index contributed by atoms with van der Waals surface area (Å²) in [6.07, 6.45) is 3.27. The Balaban J connectivity index is 1.33. The van der Waals surface area contributed by atoms with Gasteiger partial charge in [-0.05, 0) is 74.6 Å². The maximum absolute atomic E-state index is 13.4. The first-order valence-electron chi connectivity index (χ1n) is 12.9. The molecule has 200 valence electrons. The van der Waals surface area contributed by atoms with Crippen LogP contribution in [0.5, 0.6) is 5.75 Å². The number of sulfonamides is 1. The Kier molecular flexibility index (Phi) is 7.26. The Hall–Kier alpha value is -3.27. The fourth-order valence-electron chi connectivity index (χ4n) is 5.21. The third-order valence-corrected chi connectivity index (χ3v) is 9.58. The van der Waals surface area contributed by atoms with Gasteiger partial charge in [-0.2, -0.15) is 4.31 Å². The van der Waals surface area contributed by atoms with Crippen LogP contribution in [0.4, 0.5) is 5.82 Å². The molecular formula is C29H33N3O5S. The molecule has 9 heteroatoms. The summed E-state index contributed by atoms with van der Waals surface area (Å²) in [6.45, 7) is 2.90. The Bertz CT molecular complexity index is 1430. The third kappa shape index (κ3) is 4.93. The number of amides is 1. The molecule has 1 amide bonds. The third-order valence-electron chi connectivity index (χ3n) is 7.56. The van der Waals surface area contributed by atoms with Crippen LogP contribution in [0.25, 0.3) is 11.3 Å². The Morgan fingerprint density at radius 1 is 1.11 bits per heavy atom. The summed E-state index contributed by atoms with van der Waals surface area (Å²) in [5.41, 5.74) is 2.65. The molecule has 1 N–H and O–H groups in total. The summed E-state index contributed by atoms with van der Waals surface area (Å²) in [6, 6.07) is 18.0. The summed E-state index contributed by atoms with van der Waals surface area (Å²) in [4.78, 5) is 18.3. The maximum Gasteiger partial charge on any atom is 0.243 e. The molecule has 2 aliphatic rings. The average molecular weight is 536 g/mol. The van der Waals surface area contributed by atoms with Crippen molar-refractivity contribution in [1.29, 1.82) is 0 Å². The van der Waals surface area contributed by atoms with E-state index in [2.05, 4.69) is 10.3 Å². The number of anilines is 1. The summed E-state index contributed by atoms with van der Waals surface area (Å²) < 4.78 is 38.4. The number of pyridine rings is 1. The molecule has 2 aromatic carbocycles. The highest BCUT2D eigenvalue weighted by molar-refractivity contribution is 7.89. The van der Waals surface area contributed by atoms with E-state index in [0.29, 0.717) is 24.7 Å². The van der Waals surface area contributed by atoms with Crippen LogP contribution in [0.2, 0.25) is 0 Å². The van der Waals surface area contributed by atoms with Crippen molar-refractivity contribution in [3.8, 4) is 17.0 Å². The van der Waals surface area contributed by atoms with Gasteiger partial charge < -0.3 is 14.8 Å². The lowest BCUT2D eigenvalue weighted by molar-refractivity contribution is -0.118. The highest BCUT2D eigenvalue weighted by Gasteiger charge is 2.51. The molecule has 1 aliphatic heterocycles. The Morgan fingerprint density at radius 2 is 1.87 bits per heavy atom. The molecule has 8 nitrogen and oxygen atoms in total. The first kappa shape index (κ1) is 26.3. The minimum Gasteiger partial charge on any atom is -0.496 e. The maximum atomic E-state index is 13.4. The van der Waals surface area contributed by atoms with E-state index in [4.69, 9.17) is 9.47 Å². The van der Waals surface area contributed by atoms with Gasteiger partial charge >= 0.3 is 0 Å². The van der Waals surface area contributed by atoms with E-state index < -0.39 is 15.4 Å². The van der Waals surface area contributed by atoms with Crippen molar-refractivity contribution in [2.75, 3.05) is 26.1 Å². The fraction of sp³-hybridized carbons (Fsp3) is 0.379. The number of aromatic nitrogens is 1. The number of hydrogen-bond acceptors (Lipinski definition) is 6. The molecule has 1 saturated carbocycles. The number of nitrogens with one attached hydrogen (secondary N) is 1.